The molecular formula is C21H37IN6. The quantitative estimate of drug-likeness (QED) is 0.383. The minimum absolute atomic E-state index is 0. The summed E-state index contributed by atoms with van der Waals surface area (Å²) in [4.78, 5) is 16.9. The van der Waals surface area contributed by atoms with Crippen LogP contribution >= 0.6 is 24.0 Å². The Hall–Kier alpha value is -1.09. The SMILES string of the molecule is CCNC(=NCc1ccc(N2CCN(CC)CC2)nc1)N1CCCC(C)C1.I. The van der Waals surface area contributed by atoms with Crippen LogP contribution in [0.1, 0.15) is 39.2 Å². The van der Waals surface area contributed by atoms with Crippen LogP contribution in [0.5, 0.6) is 0 Å². The zero-order chi connectivity index (χ0) is 19.1. The van der Waals surface area contributed by atoms with E-state index < -0.39 is 0 Å². The van der Waals surface area contributed by atoms with Gasteiger partial charge in [-0.25, -0.2) is 9.98 Å². The van der Waals surface area contributed by atoms with Crippen molar-refractivity contribution in [2.24, 2.45) is 10.9 Å². The molecule has 0 aromatic carbocycles. The third-order valence-corrected chi connectivity index (χ3v) is 5.66. The van der Waals surface area contributed by atoms with Gasteiger partial charge in [0, 0.05) is 52.0 Å². The number of nitrogens with zero attached hydrogens (tertiary/aromatic N) is 5. The molecule has 2 fully saturated rings. The van der Waals surface area contributed by atoms with E-state index in [0.29, 0.717) is 6.54 Å². The average Bonchev–Trinajstić information content (AvgIpc) is 2.71. The van der Waals surface area contributed by atoms with Gasteiger partial charge in [-0.1, -0.05) is 19.9 Å². The van der Waals surface area contributed by atoms with Crippen LogP contribution in [0.2, 0.25) is 0 Å². The molecule has 2 saturated heterocycles. The van der Waals surface area contributed by atoms with E-state index >= 15 is 0 Å². The van der Waals surface area contributed by atoms with Gasteiger partial charge in [0.05, 0.1) is 6.54 Å². The van der Waals surface area contributed by atoms with E-state index in [0.717, 1.165) is 70.1 Å². The maximum atomic E-state index is 4.88. The third-order valence-electron chi connectivity index (χ3n) is 5.66. The maximum Gasteiger partial charge on any atom is 0.194 e. The van der Waals surface area contributed by atoms with Crippen molar-refractivity contribution in [2.45, 2.75) is 40.2 Å². The van der Waals surface area contributed by atoms with E-state index in [1.54, 1.807) is 0 Å². The molecule has 28 heavy (non-hydrogen) atoms. The summed E-state index contributed by atoms with van der Waals surface area (Å²) in [6.45, 7) is 16.0. The molecule has 3 heterocycles. The van der Waals surface area contributed by atoms with Gasteiger partial charge in [-0.05, 0) is 43.9 Å². The molecule has 1 atom stereocenters. The van der Waals surface area contributed by atoms with Crippen LogP contribution in [0.4, 0.5) is 5.82 Å². The van der Waals surface area contributed by atoms with Crippen LogP contribution in [-0.4, -0.2) is 73.1 Å². The van der Waals surface area contributed by atoms with Crippen LogP contribution in [-0.2, 0) is 6.54 Å². The number of anilines is 1. The molecule has 0 aliphatic carbocycles. The number of halogens is 1. The molecule has 0 bridgehead atoms. The van der Waals surface area contributed by atoms with Crippen molar-refractivity contribution in [3.8, 4) is 0 Å². The molecule has 1 aromatic heterocycles. The molecule has 2 aliphatic rings. The number of likely N-dealkylation sites (tertiary alicyclic amines) is 1. The van der Waals surface area contributed by atoms with Crippen LogP contribution in [0.25, 0.3) is 0 Å². The zero-order valence-electron chi connectivity index (χ0n) is 17.7. The molecule has 0 amide bonds. The lowest BCUT2D eigenvalue weighted by atomic mass is 10.0. The molecule has 7 heteroatoms. The van der Waals surface area contributed by atoms with Gasteiger partial charge in [-0.15, -0.1) is 24.0 Å². The highest BCUT2D eigenvalue weighted by Gasteiger charge is 2.19. The molecule has 158 valence electrons. The number of piperazine rings is 1. The Kier molecular flexibility index (Phi) is 9.77. The molecule has 3 rings (SSSR count). The van der Waals surface area contributed by atoms with E-state index in [9.17, 15) is 0 Å². The minimum atomic E-state index is 0. The van der Waals surface area contributed by atoms with Gasteiger partial charge in [0.15, 0.2) is 5.96 Å². The Morgan fingerprint density at radius 3 is 2.57 bits per heavy atom. The smallest absolute Gasteiger partial charge is 0.194 e. The Morgan fingerprint density at radius 2 is 1.96 bits per heavy atom. The number of piperidine rings is 1. The topological polar surface area (TPSA) is 47.0 Å². The zero-order valence-corrected chi connectivity index (χ0v) is 20.1. The predicted molar refractivity (Wildman–Crippen MR) is 129 cm³/mol. The lowest BCUT2D eigenvalue weighted by molar-refractivity contribution is 0.266. The highest BCUT2D eigenvalue weighted by Crippen LogP contribution is 2.17. The fourth-order valence-corrected chi connectivity index (χ4v) is 3.96. The van der Waals surface area contributed by atoms with E-state index in [4.69, 9.17) is 9.98 Å². The second kappa shape index (κ2) is 11.8. The molecule has 1 aromatic rings. The van der Waals surface area contributed by atoms with Gasteiger partial charge in [-0.3, -0.25) is 0 Å². The lowest BCUT2D eigenvalue weighted by Gasteiger charge is -2.34. The maximum absolute atomic E-state index is 4.88. The van der Waals surface area contributed by atoms with Crippen molar-refractivity contribution in [3.05, 3.63) is 23.9 Å². The number of pyridine rings is 1. The second-order valence-corrected chi connectivity index (χ2v) is 7.81. The minimum Gasteiger partial charge on any atom is -0.357 e. The van der Waals surface area contributed by atoms with E-state index in [2.05, 4.69) is 52.9 Å². The molecule has 1 N–H and O–H groups in total. The van der Waals surface area contributed by atoms with Crippen molar-refractivity contribution in [2.75, 3.05) is 57.3 Å². The first kappa shape index (κ1) is 23.2. The molecule has 0 radical (unpaired) electrons. The largest absolute Gasteiger partial charge is 0.357 e. The summed E-state index contributed by atoms with van der Waals surface area (Å²) in [6, 6.07) is 4.34. The van der Waals surface area contributed by atoms with Crippen LogP contribution in [0.3, 0.4) is 0 Å². The molecule has 2 aliphatic heterocycles. The summed E-state index contributed by atoms with van der Waals surface area (Å²) in [6.07, 6.45) is 4.58. The number of guanidine groups is 1. The number of aliphatic imine (C=N–C) groups is 1. The number of hydrogen-bond donors (Lipinski definition) is 1. The summed E-state index contributed by atoms with van der Waals surface area (Å²) in [5, 5.41) is 3.46. The molecule has 0 saturated carbocycles. The van der Waals surface area contributed by atoms with Crippen LogP contribution in [0.15, 0.2) is 23.3 Å². The molecule has 1 unspecified atom stereocenters. The Morgan fingerprint density at radius 1 is 1.18 bits per heavy atom. The summed E-state index contributed by atoms with van der Waals surface area (Å²) >= 11 is 0. The van der Waals surface area contributed by atoms with E-state index in [1.807, 2.05) is 6.20 Å². The monoisotopic (exact) mass is 500 g/mol. The van der Waals surface area contributed by atoms with Crippen molar-refractivity contribution in [1.29, 1.82) is 0 Å². The van der Waals surface area contributed by atoms with Gasteiger partial charge in [-0.2, -0.15) is 0 Å². The highest BCUT2D eigenvalue weighted by atomic mass is 127. The first-order valence-electron chi connectivity index (χ1n) is 10.6. The number of rotatable bonds is 5. The van der Waals surface area contributed by atoms with Gasteiger partial charge in [0.2, 0.25) is 0 Å². The predicted octanol–water partition coefficient (Wildman–Crippen LogP) is 3.04. The van der Waals surface area contributed by atoms with Crippen molar-refractivity contribution >= 4 is 35.8 Å². The summed E-state index contributed by atoms with van der Waals surface area (Å²) < 4.78 is 0. The third kappa shape index (κ3) is 6.47. The number of hydrogen-bond acceptors (Lipinski definition) is 4. The number of likely N-dealkylation sites (N-methyl/N-ethyl adjacent to an activating group) is 1. The van der Waals surface area contributed by atoms with Gasteiger partial charge in [0.1, 0.15) is 5.82 Å². The Labute approximate surface area is 187 Å². The first-order valence-corrected chi connectivity index (χ1v) is 10.6. The normalized spacial score (nSPS) is 21.4. The highest BCUT2D eigenvalue weighted by molar-refractivity contribution is 14.0. The summed E-state index contributed by atoms with van der Waals surface area (Å²) in [5.74, 6) is 2.88. The second-order valence-electron chi connectivity index (χ2n) is 7.81. The Balaban J connectivity index is 0.00000280. The lowest BCUT2D eigenvalue weighted by Crippen LogP contribution is -2.46. The Bertz CT molecular complexity index is 597. The first-order chi connectivity index (χ1) is 13.2. The average molecular weight is 500 g/mol. The van der Waals surface area contributed by atoms with E-state index in [1.165, 1.54) is 18.4 Å². The summed E-state index contributed by atoms with van der Waals surface area (Å²) in [7, 11) is 0. The number of aromatic nitrogens is 1. The van der Waals surface area contributed by atoms with Gasteiger partial charge < -0.3 is 20.0 Å². The van der Waals surface area contributed by atoms with Crippen molar-refractivity contribution in [1.82, 2.24) is 20.1 Å². The fraction of sp³-hybridized carbons (Fsp3) is 0.714. The van der Waals surface area contributed by atoms with Crippen molar-refractivity contribution < 1.29 is 0 Å². The van der Waals surface area contributed by atoms with Gasteiger partial charge in [0.25, 0.3) is 0 Å². The van der Waals surface area contributed by atoms with E-state index in [-0.39, 0.29) is 24.0 Å². The molecular weight excluding hydrogens is 463 g/mol. The van der Waals surface area contributed by atoms with Gasteiger partial charge >= 0.3 is 0 Å². The van der Waals surface area contributed by atoms with Crippen LogP contribution in [0, 0.1) is 5.92 Å². The fourth-order valence-electron chi connectivity index (χ4n) is 3.96. The summed E-state index contributed by atoms with van der Waals surface area (Å²) in [5.41, 5.74) is 1.17. The molecule has 6 nitrogen and oxygen atoms in total. The van der Waals surface area contributed by atoms with Crippen LogP contribution < -0.4 is 10.2 Å². The standard InChI is InChI=1S/C21H36N6.HI/c1-4-22-21(27-10-6-7-18(3)17-27)24-16-19-8-9-20(23-15-19)26-13-11-25(5-2)12-14-26;/h8-9,15,18H,4-7,10-14,16-17H2,1-3H3,(H,22,24);1H. The van der Waals surface area contributed by atoms with Crippen molar-refractivity contribution in [3.63, 3.8) is 0 Å². The number of nitrogens with one attached hydrogen (secondary N) is 1. The molecule has 0 spiro atoms.